The number of aromatic nitrogens is 1. The summed E-state index contributed by atoms with van der Waals surface area (Å²) in [6.45, 7) is 0. The molecule has 5 heteroatoms. The van der Waals surface area contributed by atoms with Gasteiger partial charge in [0.05, 0.1) is 4.47 Å². The molecule has 17 heavy (non-hydrogen) atoms. The molecule has 2 nitrogen and oxygen atoms in total. The summed E-state index contributed by atoms with van der Waals surface area (Å²) in [5.74, 6) is 1.04. The molecule has 2 aromatic rings. The Morgan fingerprint density at radius 2 is 2.12 bits per heavy atom. The van der Waals surface area contributed by atoms with Crippen LogP contribution in [0, 0.1) is 5.82 Å². The van der Waals surface area contributed by atoms with Crippen molar-refractivity contribution in [2.24, 2.45) is 0 Å². The van der Waals surface area contributed by atoms with E-state index in [4.69, 9.17) is 16.3 Å². The van der Waals surface area contributed by atoms with E-state index >= 15 is 0 Å². The summed E-state index contributed by atoms with van der Waals surface area (Å²) >= 11 is 8.74. The Kier molecular flexibility index (Phi) is 3.97. The third-order valence-corrected chi connectivity index (χ3v) is 2.98. The lowest BCUT2D eigenvalue weighted by molar-refractivity contribution is 0.460. The Balaban J connectivity index is 2.16. The fourth-order valence-corrected chi connectivity index (χ4v) is 1.73. The van der Waals surface area contributed by atoms with Gasteiger partial charge >= 0.3 is 0 Å². The highest BCUT2D eigenvalue weighted by Crippen LogP contribution is 2.25. The number of benzene rings is 1. The van der Waals surface area contributed by atoms with Gasteiger partial charge < -0.3 is 4.74 Å². The highest BCUT2D eigenvalue weighted by Gasteiger charge is 2.03. The van der Waals surface area contributed by atoms with Crippen molar-refractivity contribution in [1.82, 2.24) is 4.98 Å². The van der Waals surface area contributed by atoms with Gasteiger partial charge in [-0.3, -0.25) is 0 Å². The smallest absolute Gasteiger partial charge is 0.219 e. The van der Waals surface area contributed by atoms with Crippen molar-refractivity contribution in [3.63, 3.8) is 0 Å². The minimum atomic E-state index is -0.331. The van der Waals surface area contributed by atoms with Crippen molar-refractivity contribution in [3.05, 3.63) is 52.4 Å². The van der Waals surface area contributed by atoms with Gasteiger partial charge in [0.2, 0.25) is 5.88 Å². The predicted octanol–water partition coefficient (Wildman–Crippen LogP) is 4.51. The maximum absolute atomic E-state index is 13.0. The fraction of sp³-hybridized carbons (Fsp3) is 0.0833. The molecule has 1 aromatic carbocycles. The zero-order chi connectivity index (χ0) is 12.3. The van der Waals surface area contributed by atoms with Gasteiger partial charge in [-0.05, 0) is 39.7 Å². The molecule has 0 spiro atoms. The van der Waals surface area contributed by atoms with E-state index in [-0.39, 0.29) is 5.82 Å². The Labute approximate surface area is 112 Å². The molecule has 0 saturated heterocycles. The van der Waals surface area contributed by atoms with Crippen LogP contribution in [-0.2, 0) is 5.88 Å². The summed E-state index contributed by atoms with van der Waals surface area (Å²) < 4.78 is 18.8. The summed E-state index contributed by atoms with van der Waals surface area (Å²) in [6, 6.07) is 7.96. The van der Waals surface area contributed by atoms with Crippen molar-refractivity contribution >= 4 is 27.5 Å². The molecule has 0 bridgehead atoms. The van der Waals surface area contributed by atoms with Gasteiger partial charge in [-0.25, -0.2) is 9.37 Å². The molecule has 2 rings (SSSR count). The van der Waals surface area contributed by atoms with E-state index in [9.17, 15) is 4.39 Å². The van der Waals surface area contributed by atoms with Crippen molar-refractivity contribution in [2.75, 3.05) is 0 Å². The van der Waals surface area contributed by atoms with Crippen LogP contribution >= 0.6 is 27.5 Å². The van der Waals surface area contributed by atoms with Gasteiger partial charge in [0.15, 0.2) is 0 Å². The fourth-order valence-electron chi connectivity index (χ4n) is 1.21. The summed E-state index contributed by atoms with van der Waals surface area (Å²) in [7, 11) is 0. The van der Waals surface area contributed by atoms with Crippen LogP contribution in [0.15, 0.2) is 41.0 Å². The molecule has 1 aromatic heterocycles. The molecule has 0 saturated carbocycles. The number of rotatable bonds is 3. The van der Waals surface area contributed by atoms with Gasteiger partial charge in [0, 0.05) is 18.1 Å². The van der Waals surface area contributed by atoms with Crippen LogP contribution < -0.4 is 4.74 Å². The summed E-state index contributed by atoms with van der Waals surface area (Å²) in [5.41, 5.74) is 0.916. The first-order chi connectivity index (χ1) is 8.19. The minimum Gasteiger partial charge on any atom is -0.439 e. The summed E-state index contributed by atoms with van der Waals surface area (Å²) in [4.78, 5) is 4.08. The molecule has 0 N–H and O–H groups in total. The van der Waals surface area contributed by atoms with Crippen molar-refractivity contribution < 1.29 is 9.13 Å². The van der Waals surface area contributed by atoms with E-state index in [2.05, 4.69) is 20.9 Å². The molecule has 1 heterocycles. The Morgan fingerprint density at radius 3 is 2.71 bits per heavy atom. The Morgan fingerprint density at radius 1 is 1.29 bits per heavy atom. The lowest BCUT2D eigenvalue weighted by Crippen LogP contribution is -1.89. The lowest BCUT2D eigenvalue weighted by atomic mass is 10.3. The van der Waals surface area contributed by atoms with Gasteiger partial charge in [-0.1, -0.05) is 6.07 Å². The molecule has 88 valence electrons. The molecule has 0 aliphatic heterocycles. The third-order valence-electron chi connectivity index (χ3n) is 2.07. The van der Waals surface area contributed by atoms with Crippen LogP contribution in [0.3, 0.4) is 0 Å². The van der Waals surface area contributed by atoms with Crippen LogP contribution in [0.5, 0.6) is 11.6 Å². The van der Waals surface area contributed by atoms with Gasteiger partial charge in [0.25, 0.3) is 0 Å². The molecule has 0 aliphatic carbocycles. The average molecular weight is 317 g/mol. The van der Waals surface area contributed by atoms with E-state index in [1.165, 1.54) is 12.1 Å². The highest BCUT2D eigenvalue weighted by molar-refractivity contribution is 9.10. The number of pyridine rings is 1. The second-order valence-electron chi connectivity index (χ2n) is 3.32. The first kappa shape index (κ1) is 12.3. The zero-order valence-corrected chi connectivity index (χ0v) is 11.0. The van der Waals surface area contributed by atoms with Crippen LogP contribution in [0.1, 0.15) is 5.56 Å². The molecule has 0 aliphatic rings. The van der Waals surface area contributed by atoms with Crippen LogP contribution in [-0.4, -0.2) is 4.98 Å². The standard InChI is InChI=1S/C12H8BrClFNO/c13-10-5-9(2-3-11(10)15)17-12-4-1-8(6-14)7-16-12/h1-5,7H,6H2. The number of ether oxygens (including phenoxy) is 1. The van der Waals surface area contributed by atoms with E-state index in [0.717, 1.165) is 5.56 Å². The van der Waals surface area contributed by atoms with E-state index < -0.39 is 0 Å². The first-order valence-electron chi connectivity index (χ1n) is 4.83. The first-order valence-corrected chi connectivity index (χ1v) is 6.15. The molecule has 0 unspecified atom stereocenters. The molecular formula is C12H8BrClFNO. The van der Waals surface area contributed by atoms with E-state index in [1.54, 1.807) is 18.3 Å². The minimum absolute atomic E-state index is 0.331. The summed E-state index contributed by atoms with van der Waals surface area (Å²) in [6.07, 6.45) is 1.64. The normalized spacial score (nSPS) is 10.3. The average Bonchev–Trinajstić information content (AvgIpc) is 2.35. The lowest BCUT2D eigenvalue weighted by Gasteiger charge is -2.05. The molecule has 0 fully saturated rings. The van der Waals surface area contributed by atoms with Crippen molar-refractivity contribution in [1.29, 1.82) is 0 Å². The maximum atomic E-state index is 13.0. The van der Waals surface area contributed by atoms with E-state index in [0.29, 0.717) is 22.0 Å². The zero-order valence-electron chi connectivity index (χ0n) is 8.66. The predicted molar refractivity (Wildman–Crippen MR) is 68.0 cm³/mol. The Hall–Kier alpha value is -1.13. The number of hydrogen-bond acceptors (Lipinski definition) is 2. The van der Waals surface area contributed by atoms with E-state index in [1.807, 2.05) is 6.07 Å². The number of hydrogen-bond donors (Lipinski definition) is 0. The van der Waals surface area contributed by atoms with Crippen molar-refractivity contribution in [3.8, 4) is 11.6 Å². The second kappa shape index (κ2) is 5.47. The summed E-state index contributed by atoms with van der Waals surface area (Å²) in [5, 5.41) is 0. The van der Waals surface area contributed by atoms with Crippen molar-refractivity contribution in [2.45, 2.75) is 5.88 Å². The molecular weight excluding hydrogens is 308 g/mol. The van der Waals surface area contributed by atoms with Gasteiger partial charge in [-0.15, -0.1) is 11.6 Å². The molecule has 0 radical (unpaired) electrons. The largest absolute Gasteiger partial charge is 0.439 e. The molecule has 0 atom stereocenters. The van der Waals surface area contributed by atoms with Crippen LogP contribution in [0.2, 0.25) is 0 Å². The number of alkyl halides is 1. The van der Waals surface area contributed by atoms with Gasteiger partial charge in [0.1, 0.15) is 11.6 Å². The number of halogens is 3. The quantitative estimate of drug-likeness (QED) is 0.777. The SMILES string of the molecule is Fc1ccc(Oc2ccc(CCl)cn2)cc1Br. The second-order valence-corrected chi connectivity index (χ2v) is 4.44. The van der Waals surface area contributed by atoms with Crippen LogP contribution in [0.4, 0.5) is 4.39 Å². The Bertz CT molecular complexity index is 518. The number of nitrogens with zero attached hydrogens (tertiary/aromatic N) is 1. The maximum Gasteiger partial charge on any atom is 0.219 e. The highest BCUT2D eigenvalue weighted by atomic mass is 79.9. The van der Waals surface area contributed by atoms with Crippen LogP contribution in [0.25, 0.3) is 0 Å². The van der Waals surface area contributed by atoms with Gasteiger partial charge in [-0.2, -0.15) is 0 Å². The topological polar surface area (TPSA) is 22.1 Å². The third kappa shape index (κ3) is 3.17. The molecule has 0 amide bonds. The monoisotopic (exact) mass is 315 g/mol.